The Morgan fingerprint density at radius 1 is 0.574 bits per heavy atom. The van der Waals surface area contributed by atoms with E-state index in [0.29, 0.717) is 48.3 Å². The van der Waals surface area contributed by atoms with Gasteiger partial charge < -0.3 is 13.7 Å². The maximum Gasteiger partial charge on any atom is 0.534 e. The van der Waals surface area contributed by atoms with Crippen LogP contribution in [0.15, 0.2) is 72.8 Å². The van der Waals surface area contributed by atoms with Crippen LogP contribution in [0.5, 0.6) is 11.5 Å². The molecule has 0 aromatic heterocycles. The van der Waals surface area contributed by atoms with Crippen molar-refractivity contribution in [3.63, 3.8) is 0 Å². The van der Waals surface area contributed by atoms with Crippen LogP contribution in [-0.4, -0.2) is 58.8 Å². The molecule has 0 radical (unpaired) electrons. The van der Waals surface area contributed by atoms with Crippen molar-refractivity contribution in [3.05, 3.63) is 95.1 Å². The van der Waals surface area contributed by atoms with Crippen molar-refractivity contribution < 1.29 is 83.2 Å². The molecule has 11 nitrogen and oxygen atoms in total. The van der Waals surface area contributed by atoms with E-state index in [1.807, 2.05) is 59.7 Å². The number of rotatable bonds is 7. The highest BCUT2D eigenvalue weighted by Crippen LogP contribution is 2.39. The van der Waals surface area contributed by atoms with Crippen molar-refractivity contribution in [2.75, 3.05) is 3.71 Å². The van der Waals surface area contributed by atoms with Gasteiger partial charge >= 0.3 is 46.7 Å². The zero-order valence-corrected chi connectivity index (χ0v) is 35.1. The standard InChI is InChI=1S/C15H17F3O4S.C14H18O2.C8H5F6NO4S2.CH4/c1-14(2,3)21-11-7-8-12-10(9-11)5-4-6-13(12)22-23(19,20)15(16,17)18;1-14(2,3)16-11-7-8-12-10(9-11)5-4-6-13(12)15;9-7(10,11)20(16,17)15(6-4-2-1-3-5-6)21(18,19)8(12,13)14;/h6-9H,4-5H2,1-3H3;7-9H,4-6H2,1-3H3;1-5H;1H4. The summed E-state index contributed by atoms with van der Waals surface area (Å²) in [5.41, 5.74) is -16.8. The van der Waals surface area contributed by atoms with Gasteiger partial charge in [0.25, 0.3) is 0 Å². The summed E-state index contributed by atoms with van der Waals surface area (Å²) in [6.45, 7) is 11.7. The molecule has 2 aliphatic carbocycles. The van der Waals surface area contributed by atoms with E-state index < -0.39 is 61.7 Å². The lowest BCUT2D eigenvalue weighted by Gasteiger charge is -2.25. The van der Waals surface area contributed by atoms with Gasteiger partial charge in [-0.2, -0.15) is 64.8 Å². The molecular weight excluding hydrogens is 898 g/mol. The summed E-state index contributed by atoms with van der Waals surface area (Å²) in [6.07, 6.45) is 4.93. The van der Waals surface area contributed by atoms with Crippen molar-refractivity contribution in [2.45, 2.75) is 109 Å². The van der Waals surface area contributed by atoms with Gasteiger partial charge in [-0.05, 0) is 133 Å². The number of sulfonamides is 2. The Morgan fingerprint density at radius 2 is 1.02 bits per heavy atom. The second kappa shape index (κ2) is 18.9. The molecule has 2 aliphatic rings. The fraction of sp³-hybridized carbons (Fsp3) is 0.447. The lowest BCUT2D eigenvalue weighted by Crippen LogP contribution is -2.49. The second-order valence-electron chi connectivity index (χ2n) is 14.9. The number of benzene rings is 3. The topological polar surface area (TPSA) is 150 Å². The molecule has 5 rings (SSSR count). The average Bonchev–Trinajstić information content (AvgIpc) is 3.06. The predicted octanol–water partition coefficient (Wildman–Crippen LogP) is 10.2. The summed E-state index contributed by atoms with van der Waals surface area (Å²) in [7, 11) is -19.3. The predicted molar refractivity (Wildman–Crippen MR) is 209 cm³/mol. The van der Waals surface area contributed by atoms with Crippen LogP contribution < -0.4 is 13.2 Å². The van der Waals surface area contributed by atoms with Crippen LogP contribution in [0.1, 0.15) is 95.3 Å². The Bertz CT molecular complexity index is 2340. The maximum atomic E-state index is 12.5. The van der Waals surface area contributed by atoms with Crippen LogP contribution in [0.25, 0.3) is 5.76 Å². The first-order valence-corrected chi connectivity index (χ1v) is 21.7. The molecule has 23 heteroatoms. The third-order valence-electron chi connectivity index (χ3n) is 7.63. The zero-order chi connectivity index (χ0) is 45.9. The number of para-hydroxylation sites is 1. The molecule has 61 heavy (non-hydrogen) atoms. The first-order valence-electron chi connectivity index (χ1n) is 17.4. The van der Waals surface area contributed by atoms with E-state index in [9.17, 15) is 69.6 Å². The molecule has 0 amide bonds. The van der Waals surface area contributed by atoms with Gasteiger partial charge in [0.05, 0.1) is 5.69 Å². The number of ether oxygens (including phenoxy) is 2. The van der Waals surface area contributed by atoms with Gasteiger partial charge in [0.2, 0.25) is 0 Å². The number of nitrogens with zero attached hydrogens (tertiary/aromatic N) is 1. The smallest absolute Gasteiger partial charge is 0.488 e. The average molecular weight is 942 g/mol. The number of Topliss-reactive ketones (excluding diaryl/α,β-unsaturated/α-hetero) is 1. The van der Waals surface area contributed by atoms with Crippen LogP contribution in [0, 0.1) is 0 Å². The third-order valence-corrected chi connectivity index (χ3v) is 12.2. The third kappa shape index (κ3) is 13.7. The lowest BCUT2D eigenvalue weighted by molar-refractivity contribution is -0.0510. The van der Waals surface area contributed by atoms with Gasteiger partial charge in [-0.3, -0.25) is 4.79 Å². The fourth-order valence-corrected chi connectivity index (χ4v) is 8.54. The fourth-order valence-electron chi connectivity index (χ4n) is 5.33. The summed E-state index contributed by atoms with van der Waals surface area (Å²) in [4.78, 5) is 11.6. The molecule has 0 saturated carbocycles. The number of fused-ring (bicyclic) bond motifs is 2. The molecule has 0 saturated heterocycles. The van der Waals surface area contributed by atoms with Crippen LogP contribution in [0.3, 0.4) is 0 Å². The molecule has 0 bridgehead atoms. The minimum atomic E-state index is -6.81. The second-order valence-corrected chi connectivity index (χ2v) is 20.2. The van der Waals surface area contributed by atoms with E-state index in [2.05, 4.69) is 4.18 Å². The Morgan fingerprint density at radius 3 is 1.44 bits per heavy atom. The number of halogens is 9. The number of allylic oxidation sites excluding steroid dienone is 1. The minimum Gasteiger partial charge on any atom is -0.488 e. The molecule has 342 valence electrons. The summed E-state index contributed by atoms with van der Waals surface area (Å²) in [5.74, 6) is 1.39. The monoisotopic (exact) mass is 941 g/mol. The van der Waals surface area contributed by atoms with Crippen LogP contribution >= 0.6 is 0 Å². The minimum absolute atomic E-state index is 0. The first kappa shape index (κ1) is 52.6. The normalized spacial score (nSPS) is 14.9. The van der Waals surface area contributed by atoms with E-state index in [1.165, 1.54) is 12.1 Å². The lowest BCUT2D eigenvalue weighted by atomic mass is 9.90. The number of hydrogen-bond acceptors (Lipinski definition) is 10. The number of carbonyl (C=O) groups excluding carboxylic acids is 1. The largest absolute Gasteiger partial charge is 0.534 e. The SMILES string of the molecule is C.CC(C)(C)Oc1ccc2c(c1)CCC=C2OS(=O)(=O)C(F)(F)F.CC(C)(C)Oc1ccc2c(c1)CCCC2=O.O=S(=O)(N(c1ccccc1)S(=O)(=O)C(F)(F)F)C(F)(F)F. The molecule has 0 N–H and O–H groups in total. The summed E-state index contributed by atoms with van der Waals surface area (Å²) in [5, 5.41) is 0. The van der Waals surface area contributed by atoms with Gasteiger partial charge in [0.15, 0.2) is 5.78 Å². The Labute approximate surface area is 348 Å². The number of aryl methyl sites for hydroxylation is 2. The number of anilines is 1. The summed E-state index contributed by atoms with van der Waals surface area (Å²) in [6, 6.07) is 14.4. The summed E-state index contributed by atoms with van der Waals surface area (Å²) >= 11 is 0. The van der Waals surface area contributed by atoms with E-state index in [4.69, 9.17) is 9.47 Å². The highest BCUT2D eigenvalue weighted by molar-refractivity contribution is 8.11. The maximum absolute atomic E-state index is 12.5. The van der Waals surface area contributed by atoms with E-state index in [-0.39, 0.29) is 24.6 Å². The molecule has 0 spiro atoms. The van der Waals surface area contributed by atoms with Crippen LogP contribution in [-0.2, 0) is 47.2 Å². The van der Waals surface area contributed by atoms with E-state index >= 15 is 0 Å². The zero-order valence-electron chi connectivity index (χ0n) is 32.6. The molecule has 0 fully saturated rings. The number of hydrogen-bond donors (Lipinski definition) is 0. The Hall–Kier alpha value is -4.51. The highest BCUT2D eigenvalue weighted by atomic mass is 32.3. The number of alkyl halides is 9. The van der Waals surface area contributed by atoms with E-state index in [0.717, 1.165) is 47.9 Å². The van der Waals surface area contributed by atoms with Crippen molar-refractivity contribution in [2.24, 2.45) is 0 Å². The van der Waals surface area contributed by atoms with E-state index in [1.54, 1.807) is 12.1 Å². The van der Waals surface area contributed by atoms with Crippen molar-refractivity contribution >= 4 is 47.4 Å². The number of ketones is 1. The molecule has 0 atom stereocenters. The van der Waals surface area contributed by atoms with Crippen molar-refractivity contribution in [1.29, 1.82) is 0 Å². The van der Waals surface area contributed by atoms with Crippen LogP contribution in [0.4, 0.5) is 45.2 Å². The quantitative estimate of drug-likeness (QED) is 0.127. The summed E-state index contributed by atoms with van der Waals surface area (Å²) < 4.78 is 193. The molecule has 0 unspecified atom stereocenters. The molecule has 3 aromatic carbocycles. The highest BCUT2D eigenvalue weighted by Gasteiger charge is 2.61. The molecule has 0 heterocycles. The van der Waals surface area contributed by atoms with Gasteiger partial charge in [-0.15, -0.1) is 3.71 Å². The van der Waals surface area contributed by atoms with Gasteiger partial charge in [-0.1, -0.05) is 25.6 Å². The van der Waals surface area contributed by atoms with Crippen molar-refractivity contribution in [1.82, 2.24) is 0 Å². The van der Waals surface area contributed by atoms with Crippen LogP contribution in [0.2, 0.25) is 0 Å². The molecular formula is C38H44F9NO10S3. The van der Waals surface area contributed by atoms with Gasteiger partial charge in [0.1, 0.15) is 28.5 Å². The molecule has 0 aliphatic heterocycles. The van der Waals surface area contributed by atoms with Gasteiger partial charge in [-0.25, -0.2) is 0 Å². The Kier molecular flexibility index (Phi) is 16.3. The molecule has 3 aromatic rings. The van der Waals surface area contributed by atoms with Gasteiger partial charge in [0, 0.05) is 17.5 Å². The van der Waals surface area contributed by atoms with Crippen molar-refractivity contribution in [3.8, 4) is 11.5 Å². The number of carbonyl (C=O) groups is 1. The first-order chi connectivity index (χ1) is 27.1. The Balaban J connectivity index is 0.000000317.